The minimum absolute atomic E-state index is 0.212. The monoisotopic (exact) mass is 355 g/mol. The molecule has 1 aromatic rings. The van der Waals surface area contributed by atoms with Crippen LogP contribution in [-0.4, -0.2) is 37.9 Å². The van der Waals surface area contributed by atoms with Crippen molar-refractivity contribution < 1.29 is 13.6 Å². The minimum atomic E-state index is -2.30. The number of nitrogens with one attached hydrogen (secondary N) is 2. The van der Waals surface area contributed by atoms with Crippen molar-refractivity contribution in [3.8, 4) is 0 Å². The third kappa shape index (κ3) is 4.19. The molecule has 1 saturated heterocycles. The summed E-state index contributed by atoms with van der Waals surface area (Å²) >= 11 is 3.67. The summed E-state index contributed by atoms with van der Waals surface area (Å²) in [6, 6.07) is 4.15. The first-order valence-electron chi connectivity index (χ1n) is 7.13. The first-order valence-corrected chi connectivity index (χ1v) is 8.61. The second kappa shape index (κ2) is 7.72. The molecule has 1 fully saturated rings. The largest absolute Gasteiger partial charge is 0.330 e. The van der Waals surface area contributed by atoms with E-state index in [0.29, 0.717) is 23.7 Å². The topological polar surface area (TPSA) is 93.5 Å². The van der Waals surface area contributed by atoms with Crippen molar-refractivity contribution >= 4 is 40.2 Å². The van der Waals surface area contributed by atoms with E-state index in [2.05, 4.69) is 11.3 Å². The smallest absolute Gasteiger partial charge is 0.259 e. The number of hydrogen-bond acceptors (Lipinski definition) is 3. The highest BCUT2D eigenvalue weighted by Gasteiger charge is 2.30. The summed E-state index contributed by atoms with van der Waals surface area (Å²) in [7, 11) is 0. The van der Waals surface area contributed by atoms with Gasteiger partial charge < -0.3 is 10.3 Å². The van der Waals surface area contributed by atoms with Gasteiger partial charge in [-0.2, -0.15) is 0 Å². The second-order valence-corrected chi connectivity index (χ2v) is 6.35. The maximum Gasteiger partial charge on any atom is 0.259 e. The fourth-order valence-corrected chi connectivity index (χ4v) is 3.20. The zero-order valence-electron chi connectivity index (χ0n) is 12.4. The van der Waals surface area contributed by atoms with E-state index in [4.69, 9.17) is 21.6 Å². The van der Waals surface area contributed by atoms with Gasteiger partial charge in [0, 0.05) is 11.6 Å². The number of anilines is 1. The van der Waals surface area contributed by atoms with Gasteiger partial charge in [0.05, 0.1) is 23.0 Å². The molecule has 1 heterocycles. The summed E-state index contributed by atoms with van der Waals surface area (Å²) in [4.78, 5) is 14.5. The number of likely N-dealkylation sites (tertiary alicyclic amines) is 1. The number of carbonyl (C=O) groups excluding carboxylic acids is 1. The van der Waals surface area contributed by atoms with E-state index in [1.165, 1.54) is 24.3 Å². The highest BCUT2D eigenvalue weighted by atomic mass is 35.5. The minimum Gasteiger partial charge on any atom is -0.330 e. The van der Waals surface area contributed by atoms with Gasteiger partial charge in [0.2, 0.25) is 0 Å². The molecule has 2 rings (SSSR count). The number of benzene rings is 1. The lowest BCUT2D eigenvalue weighted by Gasteiger charge is -2.35. The molecule has 1 aliphatic rings. The van der Waals surface area contributed by atoms with Gasteiger partial charge >= 0.3 is 0 Å². The number of hydrogen-bond donors (Lipinski definition) is 3. The Morgan fingerprint density at radius 2 is 2.26 bits per heavy atom. The van der Waals surface area contributed by atoms with E-state index in [0.717, 1.165) is 12.8 Å². The van der Waals surface area contributed by atoms with Crippen molar-refractivity contribution in [2.45, 2.75) is 25.3 Å². The maximum atomic E-state index is 12.9. The molecule has 2 atom stereocenters. The summed E-state index contributed by atoms with van der Waals surface area (Å²) in [5, 5.41) is 8.34. The van der Waals surface area contributed by atoms with Crippen molar-refractivity contribution in [1.29, 1.82) is 5.41 Å². The predicted octanol–water partition coefficient (Wildman–Crippen LogP) is 3.09. The molecule has 3 N–H and O–H groups in total. The molecule has 23 heavy (non-hydrogen) atoms. The highest BCUT2D eigenvalue weighted by molar-refractivity contribution is 7.80. The SMILES string of the molecule is C=CC(=N)C1CCCCN1C(=O)c1cc(Cl)ccc1NS(=O)O. The van der Waals surface area contributed by atoms with Crippen LogP contribution in [0, 0.1) is 5.41 Å². The van der Waals surface area contributed by atoms with E-state index < -0.39 is 11.3 Å². The lowest BCUT2D eigenvalue weighted by atomic mass is 9.96. The van der Waals surface area contributed by atoms with Crippen LogP contribution < -0.4 is 4.72 Å². The van der Waals surface area contributed by atoms with Gasteiger partial charge in [-0.15, -0.1) is 0 Å². The number of carbonyl (C=O) groups is 1. The number of piperidine rings is 1. The van der Waals surface area contributed by atoms with Crippen LogP contribution in [0.1, 0.15) is 29.6 Å². The molecule has 0 aliphatic carbocycles. The summed E-state index contributed by atoms with van der Waals surface area (Å²) in [6.45, 7) is 4.13. The third-order valence-electron chi connectivity index (χ3n) is 3.75. The van der Waals surface area contributed by atoms with Crippen LogP contribution in [-0.2, 0) is 11.3 Å². The summed E-state index contributed by atoms with van der Waals surface area (Å²) < 4.78 is 22.4. The Hall–Kier alpha value is -1.70. The van der Waals surface area contributed by atoms with E-state index in [1.54, 1.807) is 4.90 Å². The molecule has 0 saturated carbocycles. The summed E-state index contributed by atoms with van der Waals surface area (Å²) in [5.74, 6) is -0.322. The predicted molar refractivity (Wildman–Crippen MR) is 92.4 cm³/mol. The fourth-order valence-electron chi connectivity index (χ4n) is 2.67. The van der Waals surface area contributed by atoms with Gasteiger partial charge in [0.1, 0.15) is 0 Å². The first kappa shape index (κ1) is 17.7. The molecule has 0 radical (unpaired) electrons. The number of nitrogens with zero attached hydrogens (tertiary/aromatic N) is 1. The highest BCUT2D eigenvalue weighted by Crippen LogP contribution is 2.26. The Morgan fingerprint density at radius 1 is 1.52 bits per heavy atom. The Labute approximate surface area is 142 Å². The van der Waals surface area contributed by atoms with Crippen LogP contribution in [0.4, 0.5) is 5.69 Å². The van der Waals surface area contributed by atoms with E-state index in [9.17, 15) is 9.00 Å². The molecule has 8 heteroatoms. The van der Waals surface area contributed by atoms with Gasteiger partial charge in [0.15, 0.2) is 0 Å². The average molecular weight is 356 g/mol. The Balaban J connectivity index is 2.37. The molecule has 0 spiro atoms. The van der Waals surface area contributed by atoms with Crippen molar-refractivity contribution in [3.05, 3.63) is 41.4 Å². The lowest BCUT2D eigenvalue weighted by Crippen LogP contribution is -2.47. The van der Waals surface area contributed by atoms with Crippen molar-refractivity contribution in [1.82, 2.24) is 4.90 Å². The van der Waals surface area contributed by atoms with Crippen LogP contribution in [0.5, 0.6) is 0 Å². The van der Waals surface area contributed by atoms with Gasteiger partial charge in [-0.3, -0.25) is 14.1 Å². The maximum absolute atomic E-state index is 12.9. The molecule has 1 aliphatic heterocycles. The summed E-state index contributed by atoms with van der Waals surface area (Å²) in [5.41, 5.74) is 0.735. The number of amides is 1. The van der Waals surface area contributed by atoms with Crippen LogP contribution in [0.2, 0.25) is 5.02 Å². The van der Waals surface area contributed by atoms with E-state index in [-0.39, 0.29) is 23.2 Å². The van der Waals surface area contributed by atoms with Gasteiger partial charge in [-0.05, 0) is 43.5 Å². The third-order valence-corrected chi connectivity index (χ3v) is 4.38. The van der Waals surface area contributed by atoms with Crippen molar-refractivity contribution in [2.75, 3.05) is 11.3 Å². The molecule has 6 nitrogen and oxygen atoms in total. The van der Waals surface area contributed by atoms with Crippen molar-refractivity contribution in [3.63, 3.8) is 0 Å². The lowest BCUT2D eigenvalue weighted by molar-refractivity contribution is 0.0681. The quantitative estimate of drug-likeness (QED) is 0.559. The zero-order chi connectivity index (χ0) is 17.0. The number of rotatable bonds is 5. The van der Waals surface area contributed by atoms with Crippen LogP contribution in [0.3, 0.4) is 0 Å². The Bertz CT molecular complexity index is 665. The van der Waals surface area contributed by atoms with Gasteiger partial charge in [-0.1, -0.05) is 18.2 Å². The van der Waals surface area contributed by atoms with Crippen LogP contribution in [0.25, 0.3) is 0 Å². The molecule has 2 unspecified atom stereocenters. The molecular weight excluding hydrogens is 338 g/mol. The van der Waals surface area contributed by atoms with Gasteiger partial charge in [0.25, 0.3) is 17.2 Å². The van der Waals surface area contributed by atoms with E-state index in [1.807, 2.05) is 0 Å². The first-order chi connectivity index (χ1) is 10.9. The standard InChI is InChI=1S/C15H18ClN3O3S/c1-2-12(17)14-5-3-4-8-19(14)15(20)11-9-10(16)6-7-13(11)18-23(21)22/h2,6-7,9,14,17-18H,1,3-5,8H2,(H,21,22). The molecule has 0 bridgehead atoms. The van der Waals surface area contributed by atoms with Crippen molar-refractivity contribution in [2.24, 2.45) is 0 Å². The van der Waals surface area contributed by atoms with Gasteiger partial charge in [-0.25, -0.2) is 4.21 Å². The molecular formula is C15H18ClN3O3S. The molecule has 124 valence electrons. The Morgan fingerprint density at radius 3 is 2.91 bits per heavy atom. The van der Waals surface area contributed by atoms with E-state index >= 15 is 0 Å². The second-order valence-electron chi connectivity index (χ2n) is 5.21. The average Bonchev–Trinajstić information content (AvgIpc) is 2.54. The zero-order valence-corrected chi connectivity index (χ0v) is 14.0. The van der Waals surface area contributed by atoms with Crippen LogP contribution >= 0.6 is 11.6 Å². The van der Waals surface area contributed by atoms with Crippen LogP contribution in [0.15, 0.2) is 30.9 Å². The molecule has 0 aromatic heterocycles. The normalized spacial score (nSPS) is 19.0. The summed E-state index contributed by atoms with van der Waals surface area (Å²) in [6.07, 6.45) is 3.93. The Kier molecular flexibility index (Phi) is 5.92. The number of halogens is 1. The fraction of sp³-hybridized carbons (Fsp3) is 0.333. The molecule has 1 aromatic carbocycles. The molecule has 1 amide bonds.